The quantitative estimate of drug-likeness (QED) is 0.708. The lowest BCUT2D eigenvalue weighted by molar-refractivity contribution is -0.157. The summed E-state index contributed by atoms with van der Waals surface area (Å²) in [6.07, 6.45) is 0. The minimum absolute atomic E-state index is 0.0107. The lowest BCUT2D eigenvalue weighted by Gasteiger charge is -2.37. The molecule has 0 unspecified atom stereocenters. The van der Waals surface area contributed by atoms with Crippen LogP contribution in [0.25, 0.3) is 0 Å². The Bertz CT molecular complexity index is 796. The number of rotatable bonds is 4. The SMILES string of the molecule is CC(C)[C@@H]1N[C@H](c2ccccc2)[C@H](c2ccccc2)N[C@@H](C(C)C)C(=O)OCCOC1=O. The molecule has 1 fully saturated rings. The maximum atomic E-state index is 12.9. The molecule has 172 valence electrons. The van der Waals surface area contributed by atoms with E-state index in [9.17, 15) is 9.59 Å². The minimum Gasteiger partial charge on any atom is -0.461 e. The molecule has 1 aliphatic rings. The number of cyclic esters (lactones) is 2. The molecule has 0 aromatic heterocycles. The second-order valence-corrected chi connectivity index (χ2v) is 8.89. The Morgan fingerprint density at radius 1 is 0.656 bits per heavy atom. The molecule has 1 saturated heterocycles. The average Bonchev–Trinajstić information content (AvgIpc) is 2.78. The molecule has 32 heavy (non-hydrogen) atoms. The van der Waals surface area contributed by atoms with Crippen LogP contribution in [-0.4, -0.2) is 37.2 Å². The Morgan fingerprint density at radius 3 is 1.31 bits per heavy atom. The van der Waals surface area contributed by atoms with Gasteiger partial charge in [0.2, 0.25) is 0 Å². The smallest absolute Gasteiger partial charge is 0.323 e. The van der Waals surface area contributed by atoms with Crippen LogP contribution in [0.5, 0.6) is 0 Å². The van der Waals surface area contributed by atoms with Crippen LogP contribution in [0.1, 0.15) is 50.9 Å². The van der Waals surface area contributed by atoms with Gasteiger partial charge in [-0.3, -0.25) is 20.2 Å². The van der Waals surface area contributed by atoms with Crippen molar-refractivity contribution in [3.05, 3.63) is 71.8 Å². The third-order valence-electron chi connectivity index (χ3n) is 5.78. The predicted octanol–water partition coefficient (Wildman–Crippen LogP) is 3.80. The average molecular weight is 439 g/mol. The first kappa shape index (κ1) is 24.0. The highest BCUT2D eigenvalue weighted by atomic mass is 16.6. The topological polar surface area (TPSA) is 76.7 Å². The molecule has 2 N–H and O–H groups in total. The van der Waals surface area contributed by atoms with Crippen molar-refractivity contribution in [2.75, 3.05) is 13.2 Å². The number of carbonyl (C=O) groups excluding carboxylic acids is 2. The van der Waals surface area contributed by atoms with Crippen LogP contribution in [0, 0.1) is 11.8 Å². The zero-order chi connectivity index (χ0) is 23.1. The molecular weight excluding hydrogens is 404 g/mol. The molecule has 0 radical (unpaired) electrons. The predicted molar refractivity (Wildman–Crippen MR) is 124 cm³/mol. The Morgan fingerprint density at radius 2 is 1.00 bits per heavy atom. The van der Waals surface area contributed by atoms with Gasteiger partial charge in [-0.2, -0.15) is 0 Å². The number of hydrogen-bond acceptors (Lipinski definition) is 6. The molecule has 2 aromatic carbocycles. The zero-order valence-corrected chi connectivity index (χ0v) is 19.3. The molecule has 0 aliphatic carbocycles. The van der Waals surface area contributed by atoms with Crippen molar-refractivity contribution in [2.24, 2.45) is 11.8 Å². The Hall–Kier alpha value is -2.70. The maximum absolute atomic E-state index is 12.9. The summed E-state index contributed by atoms with van der Waals surface area (Å²) in [6, 6.07) is 18.4. The second-order valence-electron chi connectivity index (χ2n) is 8.89. The van der Waals surface area contributed by atoms with Gasteiger partial charge in [0.15, 0.2) is 0 Å². The van der Waals surface area contributed by atoms with E-state index in [0.29, 0.717) is 0 Å². The van der Waals surface area contributed by atoms with Crippen molar-refractivity contribution in [1.29, 1.82) is 0 Å². The molecule has 0 spiro atoms. The van der Waals surface area contributed by atoms with Crippen molar-refractivity contribution in [2.45, 2.75) is 51.9 Å². The largest absolute Gasteiger partial charge is 0.461 e. The third kappa shape index (κ3) is 5.96. The molecule has 0 saturated carbocycles. The van der Waals surface area contributed by atoms with E-state index in [1.807, 2.05) is 88.4 Å². The van der Waals surface area contributed by atoms with Crippen molar-refractivity contribution in [1.82, 2.24) is 10.6 Å². The molecular formula is C26H34N2O4. The molecule has 6 nitrogen and oxygen atoms in total. The molecule has 2 aromatic rings. The lowest BCUT2D eigenvalue weighted by atomic mass is 9.89. The number of nitrogens with one attached hydrogen (secondary N) is 2. The van der Waals surface area contributed by atoms with Gasteiger partial charge in [-0.1, -0.05) is 88.4 Å². The fraction of sp³-hybridized carbons (Fsp3) is 0.462. The fourth-order valence-corrected chi connectivity index (χ4v) is 4.01. The first-order valence-electron chi connectivity index (χ1n) is 11.3. The summed E-state index contributed by atoms with van der Waals surface area (Å²) in [4.78, 5) is 25.8. The molecule has 6 heteroatoms. The van der Waals surface area contributed by atoms with Gasteiger partial charge < -0.3 is 9.47 Å². The standard InChI is InChI=1S/C26H34N2O4/c1-17(2)21-25(29)31-15-16-32-26(30)22(18(3)4)28-24(20-13-9-6-10-14-20)23(27-21)19-11-7-5-8-12-19/h5-14,17-18,21-24,27-28H,15-16H2,1-4H3/t21-,22-,23-,24+/m0/s1. The summed E-state index contributed by atoms with van der Waals surface area (Å²) in [5, 5.41) is 7.14. The van der Waals surface area contributed by atoms with Gasteiger partial charge in [0.05, 0.1) is 12.1 Å². The monoisotopic (exact) mass is 438 g/mol. The Balaban J connectivity index is 2.12. The van der Waals surface area contributed by atoms with Gasteiger partial charge >= 0.3 is 11.9 Å². The molecule has 1 aliphatic heterocycles. The first-order valence-corrected chi connectivity index (χ1v) is 11.3. The Labute approximate surface area is 190 Å². The van der Waals surface area contributed by atoms with E-state index in [4.69, 9.17) is 9.47 Å². The summed E-state index contributed by atoms with van der Waals surface area (Å²) >= 11 is 0. The van der Waals surface area contributed by atoms with Crippen LogP contribution in [0.3, 0.4) is 0 Å². The number of ether oxygens (including phenoxy) is 2. The molecule has 3 rings (SSSR count). The van der Waals surface area contributed by atoms with Crippen molar-refractivity contribution in [3.8, 4) is 0 Å². The van der Waals surface area contributed by atoms with Gasteiger partial charge in [-0.05, 0) is 23.0 Å². The van der Waals surface area contributed by atoms with Crippen molar-refractivity contribution in [3.63, 3.8) is 0 Å². The van der Waals surface area contributed by atoms with E-state index >= 15 is 0 Å². The zero-order valence-electron chi connectivity index (χ0n) is 19.3. The summed E-state index contributed by atoms with van der Waals surface area (Å²) in [7, 11) is 0. The Kier molecular flexibility index (Phi) is 8.42. The van der Waals surface area contributed by atoms with E-state index < -0.39 is 12.1 Å². The highest BCUT2D eigenvalue weighted by Gasteiger charge is 2.36. The van der Waals surface area contributed by atoms with E-state index in [2.05, 4.69) is 10.6 Å². The van der Waals surface area contributed by atoms with Crippen molar-refractivity contribution >= 4 is 11.9 Å². The van der Waals surface area contributed by atoms with Gasteiger partial charge in [0.25, 0.3) is 0 Å². The normalized spacial score (nSPS) is 25.6. The van der Waals surface area contributed by atoms with Crippen LogP contribution in [0.4, 0.5) is 0 Å². The lowest BCUT2D eigenvalue weighted by Crippen LogP contribution is -2.52. The molecule has 4 atom stereocenters. The van der Waals surface area contributed by atoms with Gasteiger partial charge in [0, 0.05) is 0 Å². The van der Waals surface area contributed by atoms with Crippen LogP contribution in [-0.2, 0) is 19.1 Å². The maximum Gasteiger partial charge on any atom is 0.323 e. The summed E-state index contributed by atoms with van der Waals surface area (Å²) in [6.45, 7) is 8.06. The van der Waals surface area contributed by atoms with E-state index in [1.165, 1.54) is 0 Å². The number of benzene rings is 2. The fourth-order valence-electron chi connectivity index (χ4n) is 4.01. The number of hydrogen-bond donors (Lipinski definition) is 2. The molecule has 0 bridgehead atoms. The van der Waals surface area contributed by atoms with Crippen LogP contribution in [0.2, 0.25) is 0 Å². The number of carbonyl (C=O) groups is 2. The van der Waals surface area contributed by atoms with Crippen molar-refractivity contribution < 1.29 is 19.1 Å². The van der Waals surface area contributed by atoms with Crippen LogP contribution in [0.15, 0.2) is 60.7 Å². The van der Waals surface area contributed by atoms with Gasteiger partial charge in [-0.15, -0.1) is 0 Å². The third-order valence-corrected chi connectivity index (χ3v) is 5.78. The summed E-state index contributed by atoms with van der Waals surface area (Å²) in [5.74, 6) is -0.664. The first-order chi connectivity index (χ1) is 15.4. The summed E-state index contributed by atoms with van der Waals surface area (Å²) < 4.78 is 10.9. The van der Waals surface area contributed by atoms with Gasteiger partial charge in [0.1, 0.15) is 25.3 Å². The minimum atomic E-state index is -0.513. The van der Waals surface area contributed by atoms with Crippen LogP contribution >= 0.6 is 0 Å². The van der Waals surface area contributed by atoms with Crippen LogP contribution < -0.4 is 10.6 Å². The molecule has 0 amide bonds. The van der Waals surface area contributed by atoms with E-state index in [1.54, 1.807) is 0 Å². The second kappa shape index (κ2) is 11.2. The highest BCUT2D eigenvalue weighted by Crippen LogP contribution is 2.32. The highest BCUT2D eigenvalue weighted by molar-refractivity contribution is 5.77. The number of esters is 2. The van der Waals surface area contributed by atoms with E-state index in [0.717, 1.165) is 11.1 Å². The molecule has 1 heterocycles. The van der Waals surface area contributed by atoms with E-state index in [-0.39, 0.29) is 49.1 Å². The summed E-state index contributed by atoms with van der Waals surface area (Å²) in [5.41, 5.74) is 2.03. The van der Waals surface area contributed by atoms with Gasteiger partial charge in [-0.25, -0.2) is 0 Å².